The van der Waals surface area contributed by atoms with E-state index in [0.29, 0.717) is 38.0 Å². The number of nitrogens with one attached hydrogen (secondary N) is 3. The van der Waals surface area contributed by atoms with E-state index < -0.39 is 17.2 Å². The van der Waals surface area contributed by atoms with Gasteiger partial charge in [-0.05, 0) is 12.5 Å². The summed E-state index contributed by atoms with van der Waals surface area (Å²) in [6.07, 6.45) is -2.93. The van der Waals surface area contributed by atoms with Gasteiger partial charge in [-0.2, -0.15) is 13.2 Å². The van der Waals surface area contributed by atoms with Crippen molar-refractivity contribution in [1.82, 2.24) is 20.9 Å². The minimum atomic E-state index is -4.48. The third kappa shape index (κ3) is 6.65. The van der Waals surface area contributed by atoms with Gasteiger partial charge in [0, 0.05) is 50.9 Å². The van der Waals surface area contributed by atoms with Crippen molar-refractivity contribution in [2.45, 2.75) is 39.4 Å². The maximum atomic E-state index is 12.8. The summed E-state index contributed by atoms with van der Waals surface area (Å²) in [6.45, 7) is 7.64. The molecule has 0 aliphatic carbocycles. The van der Waals surface area contributed by atoms with Gasteiger partial charge >= 0.3 is 6.18 Å². The fourth-order valence-corrected chi connectivity index (χ4v) is 3.18. The fraction of sp³-hybridized carbons (Fsp3) is 0.632. The van der Waals surface area contributed by atoms with E-state index in [0.717, 1.165) is 18.7 Å². The molecule has 0 radical (unpaired) electrons. The third-order valence-corrected chi connectivity index (χ3v) is 4.86. The van der Waals surface area contributed by atoms with Crippen LogP contribution < -0.4 is 20.9 Å². The first-order valence-corrected chi connectivity index (χ1v) is 10.0. The van der Waals surface area contributed by atoms with Gasteiger partial charge < -0.3 is 20.9 Å². The summed E-state index contributed by atoms with van der Waals surface area (Å²) >= 11 is 6.04. The average molecular weight is 449 g/mol. The molecule has 30 heavy (non-hydrogen) atoms. The van der Waals surface area contributed by atoms with Gasteiger partial charge in [-0.25, -0.2) is 4.98 Å². The molecule has 0 saturated carbocycles. The summed E-state index contributed by atoms with van der Waals surface area (Å²) in [7, 11) is 1.64. The van der Waals surface area contributed by atoms with Gasteiger partial charge in [0.25, 0.3) is 0 Å². The van der Waals surface area contributed by atoms with Crippen LogP contribution in [0.25, 0.3) is 0 Å². The summed E-state index contributed by atoms with van der Waals surface area (Å²) < 4.78 is 38.4. The van der Waals surface area contributed by atoms with E-state index in [-0.39, 0.29) is 17.0 Å². The van der Waals surface area contributed by atoms with Gasteiger partial charge in [0.1, 0.15) is 5.82 Å². The van der Waals surface area contributed by atoms with E-state index in [1.165, 1.54) is 0 Å². The number of carbonyl (C=O) groups is 1. The smallest absolute Gasteiger partial charge is 0.355 e. The van der Waals surface area contributed by atoms with Gasteiger partial charge in [0.15, 0.2) is 5.96 Å². The zero-order chi connectivity index (χ0) is 22.5. The number of amides is 1. The predicted octanol–water partition coefficient (Wildman–Crippen LogP) is 2.66. The number of guanidine groups is 1. The second kappa shape index (κ2) is 9.72. The lowest BCUT2D eigenvalue weighted by Crippen LogP contribution is -2.47. The molecule has 1 aliphatic heterocycles. The van der Waals surface area contributed by atoms with E-state index in [9.17, 15) is 18.0 Å². The van der Waals surface area contributed by atoms with Gasteiger partial charge in [-0.1, -0.05) is 32.4 Å². The Morgan fingerprint density at radius 3 is 2.53 bits per heavy atom. The topological polar surface area (TPSA) is 81.6 Å². The second-order valence-corrected chi connectivity index (χ2v) is 8.52. The molecule has 1 unspecified atom stereocenters. The first-order valence-electron chi connectivity index (χ1n) is 9.65. The van der Waals surface area contributed by atoms with Crippen molar-refractivity contribution in [3.05, 3.63) is 22.8 Å². The Balaban J connectivity index is 1.84. The van der Waals surface area contributed by atoms with Crippen LogP contribution in [-0.2, 0) is 11.0 Å². The van der Waals surface area contributed by atoms with Crippen LogP contribution in [0.5, 0.6) is 0 Å². The Labute approximate surface area is 179 Å². The molecular weight excluding hydrogens is 421 g/mol. The standard InChI is InChI=1S/C19H28ClF3N6O/c1-18(2,3)16(30)25-6-7-26-17(24-4)28-13-5-8-29(11-13)15-14(20)9-12(10-27-15)19(21,22)23/h9-10,13H,5-8,11H2,1-4H3,(H,25,30)(H2,24,26,28). The summed E-state index contributed by atoms with van der Waals surface area (Å²) in [5, 5.41) is 9.23. The molecule has 0 bridgehead atoms. The van der Waals surface area contributed by atoms with Crippen molar-refractivity contribution in [2.75, 3.05) is 38.1 Å². The molecule has 0 spiro atoms. The lowest BCUT2D eigenvalue weighted by atomic mass is 9.96. The molecule has 11 heteroatoms. The molecule has 1 saturated heterocycles. The van der Waals surface area contributed by atoms with Crippen molar-refractivity contribution in [1.29, 1.82) is 0 Å². The highest BCUT2D eigenvalue weighted by Crippen LogP contribution is 2.34. The second-order valence-electron chi connectivity index (χ2n) is 8.11. The lowest BCUT2D eigenvalue weighted by Gasteiger charge is -2.21. The number of aromatic nitrogens is 1. The minimum Gasteiger partial charge on any atom is -0.355 e. The maximum absolute atomic E-state index is 12.8. The molecule has 3 N–H and O–H groups in total. The minimum absolute atomic E-state index is 0.0254. The van der Waals surface area contributed by atoms with Gasteiger partial charge in [-0.3, -0.25) is 9.79 Å². The number of hydrogen-bond acceptors (Lipinski definition) is 4. The van der Waals surface area contributed by atoms with E-state index in [1.54, 1.807) is 7.05 Å². The SMILES string of the molecule is CN=C(NCCNC(=O)C(C)(C)C)NC1CCN(c2ncc(C(F)(F)F)cc2Cl)C1. The molecule has 2 rings (SSSR count). The van der Waals surface area contributed by atoms with Crippen molar-refractivity contribution in [2.24, 2.45) is 10.4 Å². The molecular formula is C19H28ClF3N6O. The average Bonchev–Trinajstić information content (AvgIpc) is 3.10. The molecule has 168 valence electrons. The predicted molar refractivity (Wildman–Crippen MR) is 112 cm³/mol. The first kappa shape index (κ1) is 24.0. The Hall–Kier alpha value is -2.23. The van der Waals surface area contributed by atoms with Crippen molar-refractivity contribution >= 4 is 29.3 Å². The van der Waals surface area contributed by atoms with Crippen LogP contribution in [0.3, 0.4) is 0 Å². The number of hydrogen-bond donors (Lipinski definition) is 3. The van der Waals surface area contributed by atoms with Crippen molar-refractivity contribution in [3.8, 4) is 0 Å². The summed E-state index contributed by atoms with van der Waals surface area (Å²) in [5.41, 5.74) is -1.31. The zero-order valence-electron chi connectivity index (χ0n) is 17.5. The highest BCUT2D eigenvalue weighted by Gasteiger charge is 2.33. The van der Waals surface area contributed by atoms with E-state index in [2.05, 4.69) is 25.9 Å². The quantitative estimate of drug-likeness (QED) is 0.366. The largest absolute Gasteiger partial charge is 0.417 e. The summed E-state index contributed by atoms with van der Waals surface area (Å²) in [6, 6.07) is 0.928. The fourth-order valence-electron chi connectivity index (χ4n) is 2.90. The van der Waals surface area contributed by atoms with Crippen LogP contribution in [0, 0.1) is 5.41 Å². The van der Waals surface area contributed by atoms with Gasteiger partial charge in [-0.15, -0.1) is 0 Å². The number of anilines is 1. The zero-order valence-corrected chi connectivity index (χ0v) is 18.3. The van der Waals surface area contributed by atoms with E-state index >= 15 is 0 Å². The molecule has 1 aliphatic rings. The lowest BCUT2D eigenvalue weighted by molar-refractivity contribution is -0.137. The van der Waals surface area contributed by atoms with Gasteiger partial charge in [0.2, 0.25) is 5.91 Å². The molecule has 0 aromatic carbocycles. The molecule has 2 heterocycles. The van der Waals surface area contributed by atoms with Crippen LogP contribution in [0.15, 0.2) is 17.3 Å². The molecule has 1 aromatic heterocycles. The monoisotopic (exact) mass is 448 g/mol. The van der Waals surface area contributed by atoms with Crippen LogP contribution in [-0.4, -0.2) is 56.1 Å². The number of nitrogens with zero attached hydrogens (tertiary/aromatic N) is 3. The Bertz CT molecular complexity index is 779. The Morgan fingerprint density at radius 2 is 1.97 bits per heavy atom. The number of halogens is 4. The molecule has 7 nitrogen and oxygen atoms in total. The normalized spacial score (nSPS) is 17.8. The molecule has 1 fully saturated rings. The third-order valence-electron chi connectivity index (χ3n) is 4.59. The van der Waals surface area contributed by atoms with Gasteiger partial charge in [0.05, 0.1) is 10.6 Å². The van der Waals surface area contributed by atoms with Crippen molar-refractivity contribution < 1.29 is 18.0 Å². The number of alkyl halides is 3. The Morgan fingerprint density at radius 1 is 1.30 bits per heavy atom. The molecule has 1 aromatic rings. The van der Waals surface area contributed by atoms with Crippen LogP contribution in [0.2, 0.25) is 5.02 Å². The van der Waals surface area contributed by atoms with Crippen LogP contribution >= 0.6 is 11.6 Å². The Kier molecular flexibility index (Phi) is 7.79. The maximum Gasteiger partial charge on any atom is 0.417 e. The number of pyridine rings is 1. The number of aliphatic imine (C=N–C) groups is 1. The highest BCUT2D eigenvalue weighted by atomic mass is 35.5. The van der Waals surface area contributed by atoms with Crippen LogP contribution in [0.1, 0.15) is 32.8 Å². The first-order chi connectivity index (χ1) is 13.9. The summed E-state index contributed by atoms with van der Waals surface area (Å²) in [5.74, 6) is 0.889. The van der Waals surface area contributed by atoms with E-state index in [4.69, 9.17) is 11.6 Å². The summed E-state index contributed by atoms with van der Waals surface area (Å²) in [4.78, 5) is 21.8. The highest BCUT2D eigenvalue weighted by molar-refractivity contribution is 6.33. The molecule has 1 amide bonds. The van der Waals surface area contributed by atoms with Crippen molar-refractivity contribution in [3.63, 3.8) is 0 Å². The number of rotatable bonds is 5. The molecule has 1 atom stereocenters. The van der Waals surface area contributed by atoms with E-state index in [1.807, 2.05) is 25.7 Å². The van der Waals surface area contributed by atoms with Crippen LogP contribution in [0.4, 0.5) is 19.0 Å². The number of carbonyl (C=O) groups excluding carboxylic acids is 1.